The van der Waals surface area contributed by atoms with Crippen molar-refractivity contribution in [1.82, 2.24) is 15.1 Å². The van der Waals surface area contributed by atoms with Crippen molar-refractivity contribution in [2.24, 2.45) is 0 Å². The Balaban J connectivity index is 1.52. The Hall–Kier alpha value is -2.01. The van der Waals surface area contributed by atoms with Gasteiger partial charge in [0, 0.05) is 12.7 Å². The Kier molecular flexibility index (Phi) is 3.27. The van der Waals surface area contributed by atoms with Crippen LogP contribution in [-0.2, 0) is 6.54 Å². The number of hydrogen-bond acceptors (Lipinski definition) is 4. The maximum atomic E-state index is 5.67. The van der Waals surface area contributed by atoms with Crippen LogP contribution in [0.4, 0.5) is 0 Å². The predicted molar refractivity (Wildman–Crippen MR) is 78.4 cm³/mol. The van der Waals surface area contributed by atoms with E-state index in [-0.39, 0.29) is 0 Å². The standard InChI is InChI=1S/C16H19N3O2/c1-2-14(13-5-6-17-18-13)19(7-1)11-12-3-4-15-16(10-12)21-9-8-20-15/h3-6,10,14H,1-2,7-9,11H2,(H,17,18)/t14-/m0/s1. The molecule has 110 valence electrons. The fourth-order valence-electron chi connectivity index (χ4n) is 3.24. The summed E-state index contributed by atoms with van der Waals surface area (Å²) in [5, 5.41) is 7.19. The highest BCUT2D eigenvalue weighted by molar-refractivity contribution is 5.43. The summed E-state index contributed by atoms with van der Waals surface area (Å²) in [5.41, 5.74) is 2.48. The molecule has 1 aromatic carbocycles. The fraction of sp³-hybridized carbons (Fsp3) is 0.438. The van der Waals surface area contributed by atoms with Crippen molar-refractivity contribution in [1.29, 1.82) is 0 Å². The summed E-state index contributed by atoms with van der Waals surface area (Å²) < 4.78 is 11.2. The van der Waals surface area contributed by atoms with Crippen LogP contribution in [0.1, 0.15) is 30.1 Å². The molecule has 0 spiro atoms. The molecule has 21 heavy (non-hydrogen) atoms. The van der Waals surface area contributed by atoms with Crippen LogP contribution in [-0.4, -0.2) is 34.9 Å². The van der Waals surface area contributed by atoms with Crippen molar-refractivity contribution < 1.29 is 9.47 Å². The van der Waals surface area contributed by atoms with Crippen LogP contribution >= 0.6 is 0 Å². The van der Waals surface area contributed by atoms with Gasteiger partial charge in [-0.3, -0.25) is 10.00 Å². The van der Waals surface area contributed by atoms with Gasteiger partial charge in [-0.05, 0) is 43.1 Å². The second-order valence-electron chi connectivity index (χ2n) is 5.62. The first-order chi connectivity index (χ1) is 10.4. The van der Waals surface area contributed by atoms with Crippen molar-refractivity contribution in [3.05, 3.63) is 41.7 Å². The lowest BCUT2D eigenvalue weighted by molar-refractivity contribution is 0.171. The number of rotatable bonds is 3. The first-order valence-corrected chi connectivity index (χ1v) is 7.52. The number of H-pyrrole nitrogens is 1. The van der Waals surface area contributed by atoms with Crippen molar-refractivity contribution in [2.45, 2.75) is 25.4 Å². The van der Waals surface area contributed by atoms with Gasteiger partial charge in [-0.1, -0.05) is 6.07 Å². The van der Waals surface area contributed by atoms with Gasteiger partial charge in [0.2, 0.25) is 0 Å². The SMILES string of the molecule is c1cc([C@@H]2CCCN2Cc2ccc3c(c2)OCCO3)[nH]n1. The quantitative estimate of drug-likeness (QED) is 0.941. The third-order valence-electron chi connectivity index (χ3n) is 4.24. The molecule has 0 aliphatic carbocycles. The molecular weight excluding hydrogens is 266 g/mol. The molecule has 2 aliphatic rings. The van der Waals surface area contributed by atoms with Crippen molar-refractivity contribution >= 4 is 0 Å². The number of benzene rings is 1. The molecule has 1 saturated heterocycles. The first kappa shape index (κ1) is 12.7. The molecule has 3 heterocycles. The van der Waals surface area contributed by atoms with E-state index in [1.807, 2.05) is 12.3 Å². The van der Waals surface area contributed by atoms with Gasteiger partial charge in [-0.15, -0.1) is 0 Å². The van der Waals surface area contributed by atoms with Crippen LogP contribution in [0.2, 0.25) is 0 Å². The van der Waals surface area contributed by atoms with Gasteiger partial charge in [-0.25, -0.2) is 0 Å². The topological polar surface area (TPSA) is 50.4 Å². The third-order valence-corrected chi connectivity index (χ3v) is 4.24. The molecule has 0 saturated carbocycles. The number of nitrogens with one attached hydrogen (secondary N) is 1. The Labute approximate surface area is 123 Å². The Morgan fingerprint density at radius 2 is 2.10 bits per heavy atom. The highest BCUT2D eigenvalue weighted by atomic mass is 16.6. The zero-order valence-electron chi connectivity index (χ0n) is 11.9. The van der Waals surface area contributed by atoms with Crippen molar-refractivity contribution in [3.63, 3.8) is 0 Å². The van der Waals surface area contributed by atoms with E-state index in [2.05, 4.69) is 33.3 Å². The van der Waals surface area contributed by atoms with Crippen molar-refractivity contribution in [3.8, 4) is 11.5 Å². The number of likely N-dealkylation sites (tertiary alicyclic amines) is 1. The summed E-state index contributed by atoms with van der Waals surface area (Å²) in [6.07, 6.45) is 4.25. The minimum Gasteiger partial charge on any atom is -0.486 e. The largest absolute Gasteiger partial charge is 0.486 e. The Bertz CT molecular complexity index is 612. The van der Waals surface area contributed by atoms with Crippen LogP contribution in [0.15, 0.2) is 30.5 Å². The average Bonchev–Trinajstić information content (AvgIpc) is 3.18. The minimum atomic E-state index is 0.445. The van der Waals surface area contributed by atoms with E-state index in [4.69, 9.17) is 9.47 Å². The molecule has 4 rings (SSSR count). The van der Waals surface area contributed by atoms with Crippen molar-refractivity contribution in [2.75, 3.05) is 19.8 Å². The normalized spacial score (nSPS) is 21.6. The van der Waals surface area contributed by atoms with E-state index in [0.29, 0.717) is 19.3 Å². The monoisotopic (exact) mass is 285 g/mol. The molecule has 1 N–H and O–H groups in total. The number of aromatic nitrogens is 2. The molecule has 0 amide bonds. The molecule has 5 nitrogen and oxygen atoms in total. The molecule has 1 aromatic heterocycles. The molecule has 2 aromatic rings. The summed E-state index contributed by atoms with van der Waals surface area (Å²) >= 11 is 0. The van der Waals surface area contributed by atoms with Crippen LogP contribution in [0.3, 0.4) is 0 Å². The molecule has 2 aliphatic heterocycles. The molecule has 0 bridgehead atoms. The van der Waals surface area contributed by atoms with Gasteiger partial charge in [0.05, 0.1) is 11.7 Å². The number of aromatic amines is 1. The highest BCUT2D eigenvalue weighted by Gasteiger charge is 2.27. The smallest absolute Gasteiger partial charge is 0.161 e. The summed E-state index contributed by atoms with van der Waals surface area (Å²) in [4.78, 5) is 2.50. The van der Waals surface area contributed by atoms with Gasteiger partial charge in [0.15, 0.2) is 11.5 Å². The highest BCUT2D eigenvalue weighted by Crippen LogP contribution is 2.35. The lowest BCUT2D eigenvalue weighted by Crippen LogP contribution is -2.23. The molecule has 1 fully saturated rings. The lowest BCUT2D eigenvalue weighted by Gasteiger charge is -2.24. The zero-order chi connectivity index (χ0) is 14.1. The second-order valence-corrected chi connectivity index (χ2v) is 5.62. The lowest BCUT2D eigenvalue weighted by atomic mass is 10.1. The van der Waals surface area contributed by atoms with Crippen LogP contribution in [0.5, 0.6) is 11.5 Å². The van der Waals surface area contributed by atoms with E-state index in [1.165, 1.54) is 24.1 Å². The van der Waals surface area contributed by atoms with Gasteiger partial charge < -0.3 is 9.47 Å². The van der Waals surface area contributed by atoms with Gasteiger partial charge in [0.1, 0.15) is 13.2 Å². The van der Waals surface area contributed by atoms with Crippen LogP contribution in [0.25, 0.3) is 0 Å². The maximum Gasteiger partial charge on any atom is 0.161 e. The van der Waals surface area contributed by atoms with Gasteiger partial charge in [0.25, 0.3) is 0 Å². The first-order valence-electron chi connectivity index (χ1n) is 7.52. The molecular formula is C16H19N3O2. The van der Waals surface area contributed by atoms with Gasteiger partial charge in [-0.2, -0.15) is 5.10 Å². The summed E-state index contributed by atoms with van der Waals surface area (Å²) in [6, 6.07) is 8.78. The zero-order valence-corrected chi connectivity index (χ0v) is 11.9. The average molecular weight is 285 g/mol. The van der Waals surface area contributed by atoms with Gasteiger partial charge >= 0.3 is 0 Å². The van der Waals surface area contributed by atoms with E-state index in [9.17, 15) is 0 Å². The van der Waals surface area contributed by atoms with E-state index < -0.39 is 0 Å². The number of fused-ring (bicyclic) bond motifs is 1. The van der Waals surface area contributed by atoms with E-state index in [1.54, 1.807) is 0 Å². The molecule has 5 heteroatoms. The van der Waals surface area contributed by atoms with Crippen LogP contribution < -0.4 is 9.47 Å². The number of ether oxygens (including phenoxy) is 2. The molecule has 0 radical (unpaired) electrons. The second kappa shape index (κ2) is 5.41. The summed E-state index contributed by atoms with van der Waals surface area (Å²) in [6.45, 7) is 3.33. The summed E-state index contributed by atoms with van der Waals surface area (Å²) in [5.74, 6) is 1.73. The predicted octanol–water partition coefficient (Wildman–Crippen LogP) is 2.52. The third kappa shape index (κ3) is 2.49. The fourth-order valence-corrected chi connectivity index (χ4v) is 3.24. The van der Waals surface area contributed by atoms with E-state index >= 15 is 0 Å². The summed E-state index contributed by atoms with van der Waals surface area (Å²) in [7, 11) is 0. The molecule has 0 unspecified atom stereocenters. The number of nitrogens with zero attached hydrogens (tertiary/aromatic N) is 2. The number of hydrogen-bond donors (Lipinski definition) is 1. The van der Waals surface area contributed by atoms with E-state index in [0.717, 1.165) is 24.6 Å². The Morgan fingerprint density at radius 1 is 1.19 bits per heavy atom. The Morgan fingerprint density at radius 3 is 2.95 bits per heavy atom. The van der Waals surface area contributed by atoms with Crippen LogP contribution in [0, 0.1) is 0 Å². The maximum absolute atomic E-state index is 5.67. The molecule has 1 atom stereocenters. The minimum absolute atomic E-state index is 0.445.